The predicted molar refractivity (Wildman–Crippen MR) is 77.5 cm³/mol. The van der Waals surface area contributed by atoms with Crippen LogP contribution in [0.3, 0.4) is 0 Å². The summed E-state index contributed by atoms with van der Waals surface area (Å²) in [4.78, 5) is 13.5. The molecule has 0 bridgehead atoms. The molecule has 0 atom stereocenters. The molecule has 4 nitrogen and oxygen atoms in total. The topological polar surface area (TPSA) is 38.8 Å². The van der Waals surface area contributed by atoms with Crippen molar-refractivity contribution in [3.63, 3.8) is 0 Å². The van der Waals surface area contributed by atoms with E-state index in [0.29, 0.717) is 25.5 Å². The Morgan fingerprint density at radius 3 is 2.53 bits per heavy atom. The number of rotatable bonds is 0. The van der Waals surface area contributed by atoms with E-state index in [0.717, 1.165) is 5.57 Å². The fourth-order valence-corrected chi connectivity index (χ4v) is 1.44. The molecule has 0 unspecified atom stereocenters. The van der Waals surface area contributed by atoms with Crippen molar-refractivity contribution in [1.29, 1.82) is 0 Å². The second kappa shape index (κ2) is 9.06. The van der Waals surface area contributed by atoms with Crippen molar-refractivity contribution in [2.75, 3.05) is 19.7 Å². The number of nitrogens with zero attached hydrogens (tertiary/aromatic N) is 1. The quantitative estimate of drug-likeness (QED) is 0.502. The summed E-state index contributed by atoms with van der Waals surface area (Å²) in [6.07, 6.45) is 1.51. The van der Waals surface area contributed by atoms with E-state index >= 15 is 0 Å². The summed E-state index contributed by atoms with van der Waals surface area (Å²) in [5.74, 6) is 0.388. The maximum Gasteiger partial charge on any atom is 2.00 e. The molecule has 0 aromatic heterocycles. The van der Waals surface area contributed by atoms with Gasteiger partial charge in [0, 0.05) is 0 Å². The third kappa shape index (κ3) is 7.40. The number of carbonyl (C=O) groups is 1. The summed E-state index contributed by atoms with van der Waals surface area (Å²) in [6.45, 7) is 14.4. The smallest absolute Gasteiger partial charge is 0.530 e. The number of ether oxygens (including phenoxy) is 2. The molecule has 0 aromatic rings. The minimum absolute atomic E-state index is 0. The first-order valence-corrected chi connectivity index (χ1v) is 5.72. The van der Waals surface area contributed by atoms with Crippen LogP contribution in [0.1, 0.15) is 27.7 Å². The Bertz CT molecular complexity index is 345. The van der Waals surface area contributed by atoms with Crippen LogP contribution in [-0.4, -0.2) is 81.8 Å². The normalized spacial score (nSPS) is 17.8. The van der Waals surface area contributed by atoms with Crippen LogP contribution >= 0.6 is 0 Å². The van der Waals surface area contributed by atoms with Gasteiger partial charge >= 0.3 is 51.6 Å². The van der Waals surface area contributed by atoms with Crippen LogP contribution < -0.4 is 0 Å². The fraction of sp³-hybridized carbons (Fsp3) is 0.571. The Kier molecular flexibility index (Phi) is 10.2. The van der Waals surface area contributed by atoms with E-state index in [9.17, 15) is 4.79 Å². The van der Waals surface area contributed by atoms with Gasteiger partial charge in [-0.25, -0.2) is 11.4 Å². The van der Waals surface area contributed by atoms with Crippen molar-refractivity contribution < 1.29 is 14.3 Å². The summed E-state index contributed by atoms with van der Waals surface area (Å²) >= 11 is 0. The molecule has 1 saturated heterocycles. The van der Waals surface area contributed by atoms with Crippen molar-refractivity contribution in [1.82, 2.24) is 4.90 Å². The summed E-state index contributed by atoms with van der Waals surface area (Å²) in [6, 6.07) is 0. The molecule has 1 aliphatic heterocycles. The van der Waals surface area contributed by atoms with Crippen LogP contribution in [0.4, 0.5) is 4.79 Å². The molecule has 0 saturated carbocycles. The molecule has 0 radical (unpaired) electrons. The number of hydrogen-bond acceptors (Lipinski definition) is 3. The van der Waals surface area contributed by atoms with Crippen molar-refractivity contribution in [3.8, 4) is 0 Å². The summed E-state index contributed by atoms with van der Waals surface area (Å²) in [7, 11) is 0. The fourth-order valence-electron chi connectivity index (χ4n) is 1.44. The van der Waals surface area contributed by atoms with Gasteiger partial charge in [0.1, 0.15) is 12.2 Å². The minimum atomic E-state index is -0.490. The van der Waals surface area contributed by atoms with E-state index in [1.807, 2.05) is 33.8 Å². The van der Waals surface area contributed by atoms with E-state index in [1.54, 1.807) is 4.90 Å². The maximum absolute atomic E-state index is 11.9. The van der Waals surface area contributed by atoms with Gasteiger partial charge in [-0.1, -0.05) is 12.7 Å². The average molecular weight is 341 g/mol. The Hall–Kier alpha value is 0.0305. The standard InChI is InChI=1S/C13H20NO3.CH3.Sr/c1-6-11-9-14(7-8-16-10(11)2)12(15)17-13(3,4)5;;/h2,6H,7-9H2,1,3-5H3;1H3;/q2*-1;+2/b11-6-;;. The van der Waals surface area contributed by atoms with Gasteiger partial charge < -0.3 is 21.8 Å². The molecule has 0 spiro atoms. The average Bonchev–Trinajstić information content (AvgIpc) is 2.37. The van der Waals surface area contributed by atoms with Crippen LogP contribution in [0.15, 0.2) is 17.4 Å². The SMILES string of the molecule is [CH-]=C1OCCN(C(=O)OC(C)(C)C)C/C1=C/C.[CH3-].[Sr+2]. The van der Waals surface area contributed by atoms with Crippen LogP contribution in [0.25, 0.3) is 0 Å². The molecule has 0 aromatic carbocycles. The monoisotopic (exact) mass is 341 g/mol. The molecule has 1 rings (SSSR count). The number of carbonyl (C=O) groups excluding carboxylic acids is 1. The second-order valence-corrected chi connectivity index (χ2v) is 4.93. The van der Waals surface area contributed by atoms with Gasteiger partial charge in [-0.2, -0.15) is 6.08 Å². The summed E-state index contributed by atoms with van der Waals surface area (Å²) in [5, 5.41) is 0. The first kappa shape index (κ1) is 21.3. The third-order valence-electron chi connectivity index (χ3n) is 2.30. The van der Waals surface area contributed by atoms with Crippen LogP contribution in [0.5, 0.6) is 0 Å². The number of allylic oxidation sites excluding steroid dienone is 1. The van der Waals surface area contributed by atoms with Crippen molar-refractivity contribution in [2.45, 2.75) is 33.3 Å². The molecule has 1 fully saturated rings. The largest absolute Gasteiger partial charge is 2.00 e. The van der Waals surface area contributed by atoms with Gasteiger partial charge in [0.15, 0.2) is 0 Å². The summed E-state index contributed by atoms with van der Waals surface area (Å²) < 4.78 is 10.6. The minimum Gasteiger partial charge on any atom is -0.530 e. The van der Waals surface area contributed by atoms with Gasteiger partial charge in [-0.15, -0.1) is 5.57 Å². The van der Waals surface area contributed by atoms with Gasteiger partial charge in [0.2, 0.25) is 0 Å². The summed E-state index contributed by atoms with van der Waals surface area (Å²) in [5.41, 5.74) is 0.323. The van der Waals surface area contributed by atoms with Gasteiger partial charge in [0.25, 0.3) is 0 Å². The Morgan fingerprint density at radius 2 is 2.05 bits per heavy atom. The van der Waals surface area contributed by atoms with E-state index in [-0.39, 0.29) is 59.0 Å². The Balaban J connectivity index is 0. The molecule has 1 amide bonds. The van der Waals surface area contributed by atoms with Crippen molar-refractivity contribution in [2.24, 2.45) is 0 Å². The van der Waals surface area contributed by atoms with Gasteiger partial charge in [-0.3, -0.25) is 0 Å². The molecule has 0 aliphatic carbocycles. The number of hydrogen-bond donors (Lipinski definition) is 0. The van der Waals surface area contributed by atoms with E-state index in [4.69, 9.17) is 16.1 Å². The Labute approximate surface area is 154 Å². The molecule has 19 heavy (non-hydrogen) atoms. The van der Waals surface area contributed by atoms with Crippen molar-refractivity contribution >= 4 is 51.6 Å². The van der Waals surface area contributed by atoms with Crippen LogP contribution in [-0.2, 0) is 9.47 Å². The number of amides is 1. The van der Waals surface area contributed by atoms with Crippen molar-refractivity contribution in [3.05, 3.63) is 31.4 Å². The third-order valence-corrected chi connectivity index (χ3v) is 2.30. The zero-order chi connectivity index (χ0) is 13.1. The van der Waals surface area contributed by atoms with E-state index < -0.39 is 5.60 Å². The first-order chi connectivity index (χ1) is 7.83. The van der Waals surface area contributed by atoms with Gasteiger partial charge in [-0.05, 0) is 27.3 Å². The Morgan fingerprint density at radius 1 is 1.47 bits per heavy atom. The molecule has 1 heterocycles. The van der Waals surface area contributed by atoms with Gasteiger partial charge in [0.05, 0.1) is 6.54 Å². The maximum atomic E-state index is 11.9. The van der Waals surface area contributed by atoms with E-state index in [2.05, 4.69) is 0 Å². The molecular formula is C14H23NO3Sr. The van der Waals surface area contributed by atoms with E-state index in [1.165, 1.54) is 0 Å². The second-order valence-electron chi connectivity index (χ2n) is 4.93. The molecule has 1 aliphatic rings. The van der Waals surface area contributed by atoms with Crippen LogP contribution in [0.2, 0.25) is 0 Å². The molecule has 5 heteroatoms. The first-order valence-electron chi connectivity index (χ1n) is 5.72. The van der Waals surface area contributed by atoms with Crippen LogP contribution in [0, 0.1) is 14.0 Å². The molecule has 0 N–H and O–H groups in total. The molecular weight excluding hydrogens is 318 g/mol. The molecule has 104 valence electrons. The zero-order valence-electron chi connectivity index (χ0n) is 12.7. The predicted octanol–water partition coefficient (Wildman–Crippen LogP) is 2.59. The zero-order valence-corrected chi connectivity index (χ0v) is 16.1.